The highest BCUT2D eigenvalue weighted by atomic mass is 32.1. The van der Waals surface area contributed by atoms with E-state index in [0.717, 1.165) is 19.5 Å². The third-order valence-corrected chi connectivity index (χ3v) is 3.54. The molecule has 6 heteroatoms. The van der Waals surface area contributed by atoms with E-state index in [4.69, 9.17) is 4.74 Å². The lowest BCUT2D eigenvalue weighted by atomic mass is 10.2. The number of hydrogen-bond donors (Lipinski definition) is 2. The Morgan fingerprint density at radius 1 is 1.38 bits per heavy atom. The molecule has 1 amide bonds. The lowest BCUT2D eigenvalue weighted by Gasteiger charge is -2.19. The Morgan fingerprint density at radius 3 is 2.71 bits per heavy atom. The molecule has 1 rings (SSSR count). The number of nitrogens with one attached hydrogen (secondary N) is 2. The minimum atomic E-state index is -0.457. The first-order valence-electron chi connectivity index (χ1n) is 7.17. The van der Waals surface area contributed by atoms with E-state index in [0.29, 0.717) is 6.54 Å². The molecule has 5 nitrogen and oxygen atoms in total. The summed E-state index contributed by atoms with van der Waals surface area (Å²) >= 11 is 1.74. The molecule has 0 aliphatic heterocycles. The average Bonchev–Trinajstić information content (AvgIpc) is 2.83. The summed E-state index contributed by atoms with van der Waals surface area (Å²) in [6, 6.07) is 0. The minimum Gasteiger partial charge on any atom is -0.444 e. The van der Waals surface area contributed by atoms with Gasteiger partial charge in [-0.15, -0.1) is 11.3 Å². The van der Waals surface area contributed by atoms with E-state index in [9.17, 15) is 4.79 Å². The Balaban J connectivity index is 2.08. The number of hydrogen-bond acceptors (Lipinski definition) is 5. The average molecular weight is 311 g/mol. The Bertz CT molecular complexity index is 464. The largest absolute Gasteiger partial charge is 0.444 e. The maximum atomic E-state index is 11.4. The van der Waals surface area contributed by atoms with Gasteiger partial charge in [-0.1, -0.05) is 19.1 Å². The zero-order valence-corrected chi connectivity index (χ0v) is 14.0. The van der Waals surface area contributed by atoms with Gasteiger partial charge in [0.25, 0.3) is 0 Å². The highest BCUT2D eigenvalue weighted by Gasteiger charge is 2.14. The highest BCUT2D eigenvalue weighted by molar-refractivity contribution is 7.11. The molecule has 0 atom stereocenters. The maximum Gasteiger partial charge on any atom is 0.407 e. The van der Waals surface area contributed by atoms with Crippen molar-refractivity contribution in [3.8, 4) is 0 Å². The number of aromatic nitrogens is 1. The minimum absolute atomic E-state index is 0.392. The zero-order chi connectivity index (χ0) is 15.7. The van der Waals surface area contributed by atoms with Gasteiger partial charge in [-0.2, -0.15) is 0 Å². The van der Waals surface area contributed by atoms with Crippen LogP contribution < -0.4 is 10.6 Å². The Labute approximate surface area is 130 Å². The number of carbonyl (C=O) groups excluding carboxylic acids is 1. The number of alkyl carbamates (subject to hydrolysis) is 1. The fourth-order valence-corrected chi connectivity index (χ4v) is 2.33. The van der Waals surface area contributed by atoms with Gasteiger partial charge in [-0.05, 0) is 27.2 Å². The van der Waals surface area contributed by atoms with E-state index in [1.54, 1.807) is 11.3 Å². The number of ether oxygens (including phenoxy) is 1. The van der Waals surface area contributed by atoms with Crippen LogP contribution in [0.2, 0.25) is 0 Å². The van der Waals surface area contributed by atoms with Crippen molar-refractivity contribution in [3.63, 3.8) is 0 Å². The Hall–Kier alpha value is -1.40. The smallest absolute Gasteiger partial charge is 0.407 e. The third kappa shape index (κ3) is 8.47. The van der Waals surface area contributed by atoms with Crippen LogP contribution in [0.25, 0.3) is 0 Å². The van der Waals surface area contributed by atoms with Crippen LogP contribution in [0.3, 0.4) is 0 Å². The van der Waals surface area contributed by atoms with Crippen molar-refractivity contribution in [1.29, 1.82) is 0 Å². The fourth-order valence-electron chi connectivity index (χ4n) is 1.50. The standard InChI is InChI=1S/C15H25N3O2S/c1-5-13-18-11-12(21-13)10-16-8-6-7-9-17-14(19)20-15(2,3)4/h6-7,11,16H,5,8-10H2,1-4H3,(H,17,19)/b7-6+. The first-order valence-corrected chi connectivity index (χ1v) is 7.98. The van der Waals surface area contributed by atoms with Crippen LogP contribution in [0.15, 0.2) is 18.3 Å². The van der Waals surface area contributed by atoms with Gasteiger partial charge < -0.3 is 15.4 Å². The molecule has 0 unspecified atom stereocenters. The molecule has 1 aromatic heterocycles. The first-order chi connectivity index (χ1) is 9.90. The van der Waals surface area contributed by atoms with Crippen molar-refractivity contribution in [2.24, 2.45) is 0 Å². The van der Waals surface area contributed by atoms with Gasteiger partial charge in [0.15, 0.2) is 0 Å². The van der Waals surface area contributed by atoms with Crippen molar-refractivity contribution < 1.29 is 9.53 Å². The Morgan fingerprint density at radius 2 is 2.10 bits per heavy atom. The van der Waals surface area contributed by atoms with Crippen LogP contribution in [0.1, 0.15) is 37.6 Å². The van der Waals surface area contributed by atoms with Crippen LogP contribution in [0, 0.1) is 0 Å². The third-order valence-electron chi connectivity index (χ3n) is 2.40. The molecule has 0 aliphatic rings. The molecule has 0 aromatic carbocycles. The lowest BCUT2D eigenvalue weighted by molar-refractivity contribution is 0.0534. The molecular weight excluding hydrogens is 286 g/mol. The number of carbonyl (C=O) groups is 1. The number of thiazole rings is 1. The fraction of sp³-hybridized carbons (Fsp3) is 0.600. The second-order valence-corrected chi connectivity index (χ2v) is 6.76. The summed E-state index contributed by atoms with van der Waals surface area (Å²) in [4.78, 5) is 16.9. The van der Waals surface area contributed by atoms with Crippen LogP contribution >= 0.6 is 11.3 Å². The lowest BCUT2D eigenvalue weighted by Crippen LogP contribution is -2.32. The summed E-state index contributed by atoms with van der Waals surface area (Å²) in [5, 5.41) is 7.15. The molecule has 2 N–H and O–H groups in total. The summed E-state index contributed by atoms with van der Waals surface area (Å²) in [7, 11) is 0. The predicted molar refractivity (Wildman–Crippen MR) is 86.6 cm³/mol. The van der Waals surface area contributed by atoms with Gasteiger partial charge in [0.1, 0.15) is 5.60 Å². The molecular formula is C15H25N3O2S. The molecule has 0 saturated carbocycles. The maximum absolute atomic E-state index is 11.4. The van der Waals surface area contributed by atoms with Crippen LogP contribution in [0.4, 0.5) is 4.79 Å². The quantitative estimate of drug-likeness (QED) is 0.600. The van der Waals surface area contributed by atoms with Crippen LogP contribution in [-0.4, -0.2) is 29.8 Å². The van der Waals surface area contributed by atoms with E-state index in [-0.39, 0.29) is 0 Å². The molecule has 0 fully saturated rings. The molecule has 0 radical (unpaired) electrons. The summed E-state index contributed by atoms with van der Waals surface area (Å²) < 4.78 is 5.13. The SMILES string of the molecule is CCc1ncc(CNC/C=C/CNC(=O)OC(C)(C)C)s1. The molecule has 0 aliphatic carbocycles. The van der Waals surface area contributed by atoms with Gasteiger partial charge in [-0.25, -0.2) is 9.78 Å². The Kier molecular flexibility index (Phi) is 7.39. The number of nitrogens with zero attached hydrogens (tertiary/aromatic N) is 1. The predicted octanol–water partition coefficient (Wildman–Crippen LogP) is 2.88. The van der Waals surface area contributed by atoms with Gasteiger partial charge in [0.05, 0.1) is 5.01 Å². The summed E-state index contributed by atoms with van der Waals surface area (Å²) in [6.07, 6.45) is 6.41. The van der Waals surface area contributed by atoms with Crippen molar-refractivity contribution in [2.75, 3.05) is 13.1 Å². The second kappa shape index (κ2) is 8.79. The molecule has 118 valence electrons. The van der Waals surface area contributed by atoms with Crippen molar-refractivity contribution in [1.82, 2.24) is 15.6 Å². The second-order valence-electron chi connectivity index (χ2n) is 5.56. The number of rotatable bonds is 7. The van der Waals surface area contributed by atoms with Gasteiger partial charge in [-0.3, -0.25) is 0 Å². The first kappa shape index (κ1) is 17.7. The molecule has 21 heavy (non-hydrogen) atoms. The van der Waals surface area contributed by atoms with Gasteiger partial charge in [0.2, 0.25) is 0 Å². The number of aryl methyl sites for hydroxylation is 1. The van der Waals surface area contributed by atoms with Crippen LogP contribution in [0.5, 0.6) is 0 Å². The van der Waals surface area contributed by atoms with Crippen LogP contribution in [-0.2, 0) is 17.7 Å². The molecule has 1 aromatic rings. The molecule has 0 spiro atoms. The van der Waals surface area contributed by atoms with Gasteiger partial charge in [0, 0.05) is 30.7 Å². The molecule has 0 saturated heterocycles. The van der Waals surface area contributed by atoms with E-state index < -0.39 is 11.7 Å². The molecule has 0 bridgehead atoms. The van der Waals surface area contributed by atoms with E-state index in [1.165, 1.54) is 9.88 Å². The van der Waals surface area contributed by atoms with E-state index in [1.807, 2.05) is 39.1 Å². The van der Waals surface area contributed by atoms with Crippen molar-refractivity contribution in [2.45, 2.75) is 46.3 Å². The van der Waals surface area contributed by atoms with Crippen molar-refractivity contribution in [3.05, 3.63) is 28.2 Å². The summed E-state index contributed by atoms with van der Waals surface area (Å²) in [5.74, 6) is 0. The topological polar surface area (TPSA) is 63.2 Å². The monoisotopic (exact) mass is 311 g/mol. The van der Waals surface area contributed by atoms with Gasteiger partial charge >= 0.3 is 6.09 Å². The molecule has 1 heterocycles. The summed E-state index contributed by atoms with van der Waals surface area (Å²) in [5.41, 5.74) is -0.457. The normalized spacial score (nSPS) is 11.8. The van der Waals surface area contributed by atoms with Crippen molar-refractivity contribution >= 4 is 17.4 Å². The summed E-state index contributed by atoms with van der Waals surface area (Å²) in [6.45, 7) is 9.69. The van der Waals surface area contributed by atoms with E-state index in [2.05, 4.69) is 22.5 Å². The van der Waals surface area contributed by atoms with E-state index >= 15 is 0 Å². The highest BCUT2D eigenvalue weighted by Crippen LogP contribution is 2.12. The number of amides is 1. The zero-order valence-electron chi connectivity index (χ0n) is 13.2.